The topological polar surface area (TPSA) is 98.8 Å². The Morgan fingerprint density at radius 2 is 1.93 bits per heavy atom. The maximum Gasteiger partial charge on any atom is 1.00 e. The Hall–Kier alpha value is -1.10. The van der Waals surface area contributed by atoms with Gasteiger partial charge in [-0.3, -0.25) is 9.59 Å². The summed E-state index contributed by atoms with van der Waals surface area (Å²) in [7, 11) is 0. The van der Waals surface area contributed by atoms with E-state index in [1.54, 1.807) is 19.9 Å². The summed E-state index contributed by atoms with van der Waals surface area (Å²) in [5.41, 5.74) is 0.370. The van der Waals surface area contributed by atoms with Gasteiger partial charge >= 0.3 is 51.4 Å². The molecule has 152 valence electrons. The third kappa shape index (κ3) is 3.80. The summed E-state index contributed by atoms with van der Waals surface area (Å²) >= 11 is 1.36. The molecule has 0 aliphatic carbocycles. The number of fused-ring (bicyclic) bond motifs is 2. The van der Waals surface area contributed by atoms with Gasteiger partial charge in [-0.2, -0.15) is 0 Å². The Balaban J connectivity index is 0.00000256. The quantitative estimate of drug-likeness (QED) is 0.423. The van der Waals surface area contributed by atoms with Crippen molar-refractivity contribution in [2.45, 2.75) is 43.0 Å². The minimum absolute atomic E-state index is 0. The van der Waals surface area contributed by atoms with Crippen LogP contribution in [0.25, 0.3) is 10.8 Å². The van der Waals surface area contributed by atoms with Crippen LogP contribution in [-0.2, 0) is 9.59 Å². The van der Waals surface area contributed by atoms with E-state index in [2.05, 4.69) is 5.32 Å². The third-order valence-electron chi connectivity index (χ3n) is 5.37. The van der Waals surface area contributed by atoms with Crippen molar-refractivity contribution >= 4 is 40.3 Å². The van der Waals surface area contributed by atoms with Crippen LogP contribution in [0.2, 0.25) is 0 Å². The first-order chi connectivity index (χ1) is 13.8. The number of carbonyl (C=O) groups is 3. The van der Waals surface area contributed by atoms with Crippen LogP contribution < -0.4 is 66.5 Å². The molecule has 0 radical (unpaired) electrons. The first-order valence-electron chi connectivity index (χ1n) is 9.42. The SMILES string of the molecule is CCOc1ccc2ccccc2c1C(=O)N[C@@H]1C(=O)N2[C@@H]1SC(C)(C)[C@@H]2C(=O)[O-].[K+]. The van der Waals surface area contributed by atoms with Crippen molar-refractivity contribution in [2.75, 3.05) is 6.61 Å². The number of carboxylic acids is 1. The van der Waals surface area contributed by atoms with Crippen LogP contribution in [0.15, 0.2) is 36.4 Å². The summed E-state index contributed by atoms with van der Waals surface area (Å²) in [6, 6.07) is 9.28. The van der Waals surface area contributed by atoms with Crippen molar-refractivity contribution in [3.63, 3.8) is 0 Å². The fourth-order valence-corrected chi connectivity index (χ4v) is 5.72. The van der Waals surface area contributed by atoms with Crippen LogP contribution in [0.3, 0.4) is 0 Å². The number of carboxylic acid groups (broad SMARTS) is 1. The van der Waals surface area contributed by atoms with E-state index in [1.165, 1.54) is 16.7 Å². The maximum atomic E-state index is 13.2. The van der Waals surface area contributed by atoms with Crippen LogP contribution in [-0.4, -0.2) is 51.5 Å². The number of carbonyl (C=O) groups excluding carboxylic acids is 3. The van der Waals surface area contributed by atoms with Crippen LogP contribution in [0.4, 0.5) is 0 Å². The number of benzene rings is 2. The molecule has 2 aromatic carbocycles. The molecule has 0 aromatic heterocycles. The fourth-order valence-electron chi connectivity index (χ4n) is 4.10. The molecular weight excluding hydrogens is 431 g/mol. The average molecular weight is 453 g/mol. The molecule has 2 amide bonds. The van der Waals surface area contributed by atoms with Gasteiger partial charge in [0.2, 0.25) is 5.91 Å². The average Bonchev–Trinajstić information content (AvgIpc) is 2.94. The Kier molecular flexibility index (Phi) is 6.91. The third-order valence-corrected chi connectivity index (χ3v) is 6.94. The fraction of sp³-hybridized carbons (Fsp3) is 0.381. The predicted molar refractivity (Wildman–Crippen MR) is 107 cm³/mol. The number of nitrogens with zero attached hydrogens (tertiary/aromatic N) is 1. The summed E-state index contributed by atoms with van der Waals surface area (Å²) in [4.78, 5) is 38.7. The first-order valence-corrected chi connectivity index (χ1v) is 10.3. The van der Waals surface area contributed by atoms with E-state index in [-0.39, 0.29) is 51.4 Å². The molecule has 0 bridgehead atoms. The zero-order valence-corrected chi connectivity index (χ0v) is 21.2. The largest absolute Gasteiger partial charge is 1.00 e. The van der Waals surface area contributed by atoms with Crippen LogP contribution in [0.1, 0.15) is 31.1 Å². The zero-order chi connectivity index (χ0) is 20.9. The molecule has 3 atom stereocenters. The van der Waals surface area contributed by atoms with Gasteiger partial charge in [0, 0.05) is 4.75 Å². The molecule has 4 rings (SSSR count). The zero-order valence-electron chi connectivity index (χ0n) is 17.3. The van der Waals surface area contributed by atoms with E-state index in [0.29, 0.717) is 17.9 Å². The molecule has 30 heavy (non-hydrogen) atoms. The minimum Gasteiger partial charge on any atom is -0.548 e. The number of thioether (sulfide) groups is 1. The van der Waals surface area contributed by atoms with Crippen LogP contribution in [0, 0.1) is 0 Å². The number of aliphatic carboxylic acids is 1. The van der Waals surface area contributed by atoms with Gasteiger partial charge in [0.25, 0.3) is 5.91 Å². The number of nitrogens with one attached hydrogen (secondary N) is 1. The molecule has 9 heteroatoms. The molecule has 1 N–H and O–H groups in total. The molecule has 0 unspecified atom stereocenters. The van der Waals surface area contributed by atoms with Gasteiger partial charge in [-0.1, -0.05) is 30.3 Å². The Morgan fingerprint density at radius 1 is 1.23 bits per heavy atom. The van der Waals surface area contributed by atoms with Crippen molar-refractivity contribution in [3.05, 3.63) is 42.0 Å². The Labute approximate surface area is 221 Å². The molecule has 0 spiro atoms. The Bertz CT molecular complexity index is 1030. The monoisotopic (exact) mass is 452 g/mol. The van der Waals surface area contributed by atoms with Gasteiger partial charge in [-0.05, 0) is 37.6 Å². The van der Waals surface area contributed by atoms with E-state index >= 15 is 0 Å². The summed E-state index contributed by atoms with van der Waals surface area (Å²) in [5.74, 6) is -1.66. The van der Waals surface area contributed by atoms with E-state index in [1.807, 2.05) is 37.3 Å². The van der Waals surface area contributed by atoms with Crippen molar-refractivity contribution < 1.29 is 75.6 Å². The predicted octanol–water partition coefficient (Wildman–Crippen LogP) is -1.85. The minimum atomic E-state index is -1.28. The standard InChI is InChI=1S/C21H22N2O5S.K/c1-4-28-13-10-9-11-7-5-6-8-12(11)14(13)17(24)22-15-18(25)23-16(20(26)27)21(2,3)29-19(15)23;/h5-10,15-16,19H,4H2,1-3H3,(H,22,24)(H,26,27);/q;+1/p-1/t15-,16+,19-;/m1./s1. The van der Waals surface area contributed by atoms with Crippen molar-refractivity contribution in [1.82, 2.24) is 10.2 Å². The first kappa shape index (κ1) is 23.6. The van der Waals surface area contributed by atoms with Gasteiger partial charge in [-0.15, -0.1) is 11.8 Å². The van der Waals surface area contributed by atoms with Crippen molar-refractivity contribution in [1.29, 1.82) is 0 Å². The van der Waals surface area contributed by atoms with Crippen LogP contribution >= 0.6 is 11.8 Å². The molecular formula is C21H21KN2O5S. The second-order valence-corrected chi connectivity index (χ2v) is 9.39. The van der Waals surface area contributed by atoms with Gasteiger partial charge < -0.3 is 24.9 Å². The maximum absolute atomic E-state index is 13.2. The van der Waals surface area contributed by atoms with Crippen molar-refractivity contribution in [2.24, 2.45) is 0 Å². The molecule has 2 aromatic rings. The summed E-state index contributed by atoms with van der Waals surface area (Å²) in [6.07, 6.45) is 0. The molecule has 2 fully saturated rings. The van der Waals surface area contributed by atoms with Crippen molar-refractivity contribution in [3.8, 4) is 5.75 Å². The molecule has 7 nitrogen and oxygen atoms in total. The summed E-state index contributed by atoms with van der Waals surface area (Å²) in [5, 5.41) is 15.5. The number of amides is 2. The van der Waals surface area contributed by atoms with E-state index < -0.39 is 40.0 Å². The van der Waals surface area contributed by atoms with Crippen LogP contribution in [0.5, 0.6) is 5.75 Å². The summed E-state index contributed by atoms with van der Waals surface area (Å²) < 4.78 is 4.95. The second-order valence-electron chi connectivity index (χ2n) is 7.62. The number of ether oxygens (including phenoxy) is 1. The molecule has 2 saturated heterocycles. The number of β-lactam (4-membered cyclic amide) rings is 1. The molecule has 2 aliphatic rings. The van der Waals surface area contributed by atoms with Gasteiger partial charge in [0.15, 0.2) is 0 Å². The Morgan fingerprint density at radius 3 is 2.60 bits per heavy atom. The van der Waals surface area contributed by atoms with Gasteiger partial charge in [-0.25, -0.2) is 0 Å². The molecule has 2 aliphatic heterocycles. The van der Waals surface area contributed by atoms with E-state index in [0.717, 1.165) is 10.8 Å². The molecule has 2 heterocycles. The number of hydrogen-bond donors (Lipinski definition) is 1. The summed E-state index contributed by atoms with van der Waals surface area (Å²) in [6.45, 7) is 5.76. The second kappa shape index (κ2) is 8.80. The van der Waals surface area contributed by atoms with E-state index in [4.69, 9.17) is 4.74 Å². The normalized spacial score (nSPS) is 23.9. The van der Waals surface area contributed by atoms with E-state index in [9.17, 15) is 19.5 Å². The van der Waals surface area contributed by atoms with Gasteiger partial charge in [0.05, 0.1) is 24.2 Å². The van der Waals surface area contributed by atoms with Gasteiger partial charge in [0.1, 0.15) is 17.2 Å². The smallest absolute Gasteiger partial charge is 0.548 e. The molecule has 0 saturated carbocycles. The number of rotatable bonds is 5. The number of hydrogen-bond acceptors (Lipinski definition) is 6.